The van der Waals surface area contributed by atoms with Crippen LogP contribution in [0.5, 0.6) is 0 Å². The van der Waals surface area contributed by atoms with E-state index in [1.165, 1.54) is 0 Å². The first-order valence-electron chi connectivity index (χ1n) is 4.45. The fourth-order valence-corrected chi connectivity index (χ4v) is 0.762. The number of carbonyl (C=O) groups is 3. The molecule has 0 spiro atoms. The number of hydrogen-bond acceptors (Lipinski definition) is 6. The average Bonchev–Trinajstić information content (AvgIpc) is 2.14. The summed E-state index contributed by atoms with van der Waals surface area (Å²) in [6, 6.07) is -0.901. The molecule has 0 heterocycles. The summed E-state index contributed by atoms with van der Waals surface area (Å²) in [5.41, 5.74) is 15.2. The summed E-state index contributed by atoms with van der Waals surface area (Å²) in [6.45, 7) is 0.118. The molecule has 0 saturated heterocycles. The summed E-state index contributed by atoms with van der Waals surface area (Å²) in [4.78, 5) is 32.2. The number of ether oxygens (including phenoxy) is 1. The summed E-state index contributed by atoms with van der Waals surface area (Å²) < 4.78 is 4.36. The monoisotopic (exact) mass is 217 g/mol. The van der Waals surface area contributed by atoms with Crippen molar-refractivity contribution in [2.75, 3.05) is 6.54 Å². The molecule has 0 radical (unpaired) electrons. The Labute approximate surface area is 86.9 Å². The van der Waals surface area contributed by atoms with E-state index in [0.717, 1.165) is 0 Å². The summed E-state index contributed by atoms with van der Waals surface area (Å²) in [6.07, 6.45) is -0.0852. The van der Waals surface area contributed by atoms with Crippen LogP contribution < -0.4 is 17.2 Å². The lowest BCUT2D eigenvalue weighted by molar-refractivity contribution is -0.159. The van der Waals surface area contributed by atoms with Crippen molar-refractivity contribution in [3.8, 4) is 0 Å². The van der Waals surface area contributed by atoms with Gasteiger partial charge in [-0.3, -0.25) is 14.4 Å². The molecule has 1 amide bonds. The summed E-state index contributed by atoms with van der Waals surface area (Å²) >= 11 is 0. The Balaban J connectivity index is 3.75. The van der Waals surface area contributed by atoms with E-state index in [1.807, 2.05) is 0 Å². The molecular weight excluding hydrogens is 202 g/mol. The fraction of sp³-hybridized carbons (Fsp3) is 0.625. The minimum Gasteiger partial charge on any atom is -0.393 e. The zero-order chi connectivity index (χ0) is 11.8. The molecule has 0 aromatic rings. The predicted octanol–water partition coefficient (Wildman–Crippen LogP) is -2.00. The summed E-state index contributed by atoms with van der Waals surface area (Å²) in [7, 11) is 0. The second-order valence-corrected chi connectivity index (χ2v) is 2.93. The first kappa shape index (κ1) is 13.5. The van der Waals surface area contributed by atoms with Gasteiger partial charge < -0.3 is 21.9 Å². The molecule has 0 aliphatic rings. The van der Waals surface area contributed by atoms with Crippen molar-refractivity contribution in [3.63, 3.8) is 0 Å². The number of hydrogen-bond donors (Lipinski definition) is 3. The van der Waals surface area contributed by atoms with Crippen LogP contribution in [0.4, 0.5) is 0 Å². The van der Waals surface area contributed by atoms with Crippen LogP contribution in [0.15, 0.2) is 0 Å². The highest BCUT2D eigenvalue weighted by molar-refractivity contribution is 5.86. The van der Waals surface area contributed by atoms with Gasteiger partial charge >= 0.3 is 11.9 Å². The normalized spacial score (nSPS) is 11.9. The summed E-state index contributed by atoms with van der Waals surface area (Å²) in [5, 5.41) is 0. The Kier molecular flexibility index (Phi) is 6.23. The van der Waals surface area contributed by atoms with E-state index in [9.17, 15) is 14.4 Å². The van der Waals surface area contributed by atoms with Gasteiger partial charge in [-0.15, -0.1) is 0 Å². The van der Waals surface area contributed by atoms with Gasteiger partial charge in [0, 0.05) is 13.0 Å². The van der Waals surface area contributed by atoms with Crippen molar-refractivity contribution in [1.29, 1.82) is 0 Å². The van der Waals surface area contributed by atoms with Gasteiger partial charge in [0.2, 0.25) is 5.91 Å². The van der Waals surface area contributed by atoms with Gasteiger partial charge in [-0.05, 0) is 6.42 Å². The third kappa shape index (κ3) is 6.58. The lowest BCUT2D eigenvalue weighted by atomic mass is 10.1. The molecule has 1 atom stereocenters. The molecule has 0 bridgehead atoms. The smallest absolute Gasteiger partial charge is 0.314 e. The Bertz CT molecular complexity index is 254. The standard InChI is InChI=1S/C8H15N3O4/c9-4-3-7(13)15-6(12)2-1-5(10)8(11)14/h5H,1-4,9-10H2,(H2,11,14)/t5-/m0/s1. The van der Waals surface area contributed by atoms with Crippen LogP contribution in [0, 0.1) is 0 Å². The molecule has 15 heavy (non-hydrogen) atoms. The van der Waals surface area contributed by atoms with Gasteiger partial charge in [-0.1, -0.05) is 0 Å². The van der Waals surface area contributed by atoms with E-state index in [2.05, 4.69) is 4.74 Å². The second kappa shape index (κ2) is 6.91. The van der Waals surface area contributed by atoms with Gasteiger partial charge in [-0.25, -0.2) is 0 Å². The van der Waals surface area contributed by atoms with Gasteiger partial charge in [-0.2, -0.15) is 0 Å². The van der Waals surface area contributed by atoms with Crippen molar-refractivity contribution >= 4 is 17.8 Å². The van der Waals surface area contributed by atoms with Crippen molar-refractivity contribution in [2.45, 2.75) is 25.3 Å². The van der Waals surface area contributed by atoms with Crippen LogP contribution >= 0.6 is 0 Å². The van der Waals surface area contributed by atoms with Crippen LogP contribution in [0.3, 0.4) is 0 Å². The molecule has 0 unspecified atom stereocenters. The van der Waals surface area contributed by atoms with Crippen molar-refractivity contribution < 1.29 is 19.1 Å². The van der Waals surface area contributed by atoms with Crippen molar-refractivity contribution in [2.24, 2.45) is 17.2 Å². The first-order chi connectivity index (χ1) is 6.97. The third-order valence-corrected chi connectivity index (χ3v) is 1.60. The SMILES string of the molecule is NCCC(=O)OC(=O)CC[C@H](N)C(N)=O. The second-order valence-electron chi connectivity index (χ2n) is 2.93. The molecule has 0 rings (SSSR count). The van der Waals surface area contributed by atoms with E-state index in [4.69, 9.17) is 17.2 Å². The number of rotatable bonds is 6. The van der Waals surface area contributed by atoms with Crippen LogP contribution in [-0.4, -0.2) is 30.4 Å². The average molecular weight is 217 g/mol. The van der Waals surface area contributed by atoms with Gasteiger partial charge in [0.1, 0.15) is 0 Å². The highest BCUT2D eigenvalue weighted by Crippen LogP contribution is 1.97. The lowest BCUT2D eigenvalue weighted by Crippen LogP contribution is -2.36. The summed E-state index contributed by atoms with van der Waals surface area (Å²) in [5.74, 6) is -2.11. The Morgan fingerprint density at radius 2 is 1.67 bits per heavy atom. The zero-order valence-corrected chi connectivity index (χ0v) is 8.27. The molecule has 86 valence electrons. The molecule has 7 nitrogen and oxygen atoms in total. The van der Waals surface area contributed by atoms with Crippen LogP contribution in [0.2, 0.25) is 0 Å². The molecule has 0 aliphatic carbocycles. The molecule has 0 aromatic carbocycles. The van der Waals surface area contributed by atoms with Gasteiger partial charge in [0.05, 0.1) is 12.5 Å². The van der Waals surface area contributed by atoms with Crippen molar-refractivity contribution in [3.05, 3.63) is 0 Å². The van der Waals surface area contributed by atoms with E-state index in [-0.39, 0.29) is 25.8 Å². The van der Waals surface area contributed by atoms with E-state index >= 15 is 0 Å². The fourth-order valence-electron chi connectivity index (χ4n) is 0.762. The predicted molar refractivity (Wildman–Crippen MR) is 51.2 cm³/mol. The molecule has 7 heteroatoms. The minimum absolute atomic E-state index is 0.0202. The Morgan fingerprint density at radius 1 is 1.13 bits per heavy atom. The van der Waals surface area contributed by atoms with E-state index < -0.39 is 23.9 Å². The largest absolute Gasteiger partial charge is 0.393 e. The topological polar surface area (TPSA) is 138 Å². The number of amides is 1. The Hall–Kier alpha value is -1.47. The lowest BCUT2D eigenvalue weighted by Gasteiger charge is -2.06. The zero-order valence-electron chi connectivity index (χ0n) is 8.27. The third-order valence-electron chi connectivity index (χ3n) is 1.60. The highest BCUT2D eigenvalue weighted by Gasteiger charge is 2.14. The maximum atomic E-state index is 11.0. The van der Waals surface area contributed by atoms with Crippen molar-refractivity contribution in [1.82, 2.24) is 0 Å². The number of esters is 2. The molecule has 0 saturated carbocycles. The molecule has 0 fully saturated rings. The molecule has 6 N–H and O–H groups in total. The van der Waals surface area contributed by atoms with Crippen LogP contribution in [-0.2, 0) is 19.1 Å². The first-order valence-corrected chi connectivity index (χ1v) is 4.45. The molecule has 0 aliphatic heterocycles. The van der Waals surface area contributed by atoms with Gasteiger partial charge in [0.15, 0.2) is 0 Å². The molecular formula is C8H15N3O4. The number of nitrogens with two attached hydrogens (primary N) is 3. The van der Waals surface area contributed by atoms with E-state index in [0.29, 0.717) is 0 Å². The van der Waals surface area contributed by atoms with Crippen LogP contribution in [0.1, 0.15) is 19.3 Å². The highest BCUT2D eigenvalue weighted by atomic mass is 16.6. The Morgan fingerprint density at radius 3 is 2.13 bits per heavy atom. The maximum Gasteiger partial charge on any atom is 0.314 e. The maximum absolute atomic E-state index is 11.0. The quantitative estimate of drug-likeness (QED) is 0.347. The number of carbonyl (C=O) groups excluding carboxylic acids is 3. The van der Waals surface area contributed by atoms with Gasteiger partial charge in [0.25, 0.3) is 0 Å². The van der Waals surface area contributed by atoms with E-state index in [1.54, 1.807) is 0 Å². The van der Waals surface area contributed by atoms with Crippen LogP contribution in [0.25, 0.3) is 0 Å². The molecule has 0 aromatic heterocycles. The minimum atomic E-state index is -0.901. The number of primary amides is 1.